The molecule has 2 aliphatic heterocycles. The number of aryl methyl sites for hydroxylation is 1. The van der Waals surface area contributed by atoms with Gasteiger partial charge in [0.15, 0.2) is 5.78 Å². The van der Waals surface area contributed by atoms with Gasteiger partial charge in [0.05, 0.1) is 13.1 Å². The van der Waals surface area contributed by atoms with Gasteiger partial charge >= 0.3 is 0 Å². The number of nitrogens with zero attached hydrogens (tertiary/aromatic N) is 3. The molecule has 2 aromatic carbocycles. The van der Waals surface area contributed by atoms with Crippen molar-refractivity contribution in [2.24, 2.45) is 5.92 Å². The summed E-state index contributed by atoms with van der Waals surface area (Å²) in [6.07, 6.45) is 2.47. The maximum absolute atomic E-state index is 12.9. The first-order valence-electron chi connectivity index (χ1n) is 12.7. The van der Waals surface area contributed by atoms with Gasteiger partial charge in [-0.15, -0.1) is 0 Å². The summed E-state index contributed by atoms with van der Waals surface area (Å²) in [6, 6.07) is 17.4. The Balaban J connectivity index is 1.16. The van der Waals surface area contributed by atoms with Crippen LogP contribution >= 0.6 is 0 Å². The minimum Gasteiger partial charge on any atom is -0.339 e. The van der Waals surface area contributed by atoms with E-state index in [-0.39, 0.29) is 23.5 Å². The molecule has 0 aliphatic carbocycles. The Labute approximate surface area is 208 Å². The van der Waals surface area contributed by atoms with E-state index in [0.29, 0.717) is 39.3 Å². The maximum Gasteiger partial charge on any atom is 0.238 e. The van der Waals surface area contributed by atoms with E-state index in [1.807, 2.05) is 59.5 Å². The molecule has 2 aromatic rings. The zero-order valence-electron chi connectivity index (χ0n) is 20.6. The highest BCUT2D eigenvalue weighted by molar-refractivity contribution is 5.97. The maximum atomic E-state index is 12.9. The highest BCUT2D eigenvalue weighted by Gasteiger charge is 2.28. The molecule has 2 fully saturated rings. The molecule has 2 aliphatic rings. The van der Waals surface area contributed by atoms with Crippen molar-refractivity contribution >= 4 is 23.3 Å². The normalized spacial score (nSPS) is 17.8. The first-order chi connectivity index (χ1) is 17.0. The molecule has 0 atom stereocenters. The van der Waals surface area contributed by atoms with Gasteiger partial charge in [-0.05, 0) is 44.0 Å². The average Bonchev–Trinajstić information content (AvgIpc) is 2.90. The Hall–Kier alpha value is -3.03. The van der Waals surface area contributed by atoms with E-state index in [4.69, 9.17) is 0 Å². The van der Waals surface area contributed by atoms with Gasteiger partial charge in [-0.25, -0.2) is 0 Å². The number of hydrogen-bond acceptors (Lipinski definition) is 5. The van der Waals surface area contributed by atoms with Crippen molar-refractivity contribution in [2.45, 2.75) is 26.2 Å². The summed E-state index contributed by atoms with van der Waals surface area (Å²) in [5, 5.41) is 3.03. The number of Topliss-reactive ketones (excluding diaryl/α,β-unsaturated/α-hetero) is 1. The summed E-state index contributed by atoms with van der Waals surface area (Å²) in [7, 11) is 0. The van der Waals surface area contributed by atoms with E-state index in [0.717, 1.165) is 49.2 Å². The fourth-order valence-corrected chi connectivity index (χ4v) is 4.98. The van der Waals surface area contributed by atoms with Crippen molar-refractivity contribution in [3.63, 3.8) is 0 Å². The molecule has 7 nitrogen and oxygen atoms in total. The molecule has 1 N–H and O–H groups in total. The summed E-state index contributed by atoms with van der Waals surface area (Å²) in [5.74, 6) is 0.384. The van der Waals surface area contributed by atoms with Crippen molar-refractivity contribution in [1.82, 2.24) is 14.7 Å². The quantitative estimate of drug-likeness (QED) is 0.593. The second-order valence-corrected chi connectivity index (χ2v) is 9.50. The molecule has 7 heteroatoms. The minimum absolute atomic E-state index is 0.0152. The lowest BCUT2D eigenvalue weighted by molar-refractivity contribution is -0.134. The van der Waals surface area contributed by atoms with Crippen LogP contribution in [0.4, 0.5) is 5.69 Å². The molecule has 186 valence electrons. The van der Waals surface area contributed by atoms with E-state index in [1.165, 1.54) is 0 Å². The summed E-state index contributed by atoms with van der Waals surface area (Å²) in [4.78, 5) is 44.3. The molecule has 0 radical (unpaired) electrons. The Morgan fingerprint density at radius 2 is 1.43 bits per heavy atom. The summed E-state index contributed by atoms with van der Waals surface area (Å²) in [6.45, 7) is 7.03. The number of piperidine rings is 1. The number of nitrogens with one attached hydrogen (secondary N) is 1. The van der Waals surface area contributed by atoms with Gasteiger partial charge in [0.1, 0.15) is 0 Å². The van der Waals surface area contributed by atoms with E-state index >= 15 is 0 Å². The lowest BCUT2D eigenvalue weighted by Crippen LogP contribution is -2.53. The second-order valence-electron chi connectivity index (χ2n) is 9.50. The number of carbonyl (C=O) groups is 3. The number of hydrogen-bond donors (Lipinski definition) is 1. The molecule has 35 heavy (non-hydrogen) atoms. The predicted molar refractivity (Wildman–Crippen MR) is 137 cm³/mol. The number of amides is 2. The molecule has 0 spiro atoms. The summed E-state index contributed by atoms with van der Waals surface area (Å²) in [5.41, 5.74) is 2.79. The smallest absolute Gasteiger partial charge is 0.238 e. The molecule has 4 rings (SSSR count). The van der Waals surface area contributed by atoms with Gasteiger partial charge in [-0.2, -0.15) is 0 Å². The van der Waals surface area contributed by atoms with Gasteiger partial charge in [-0.1, -0.05) is 55.5 Å². The van der Waals surface area contributed by atoms with E-state index < -0.39 is 0 Å². The lowest BCUT2D eigenvalue weighted by Gasteiger charge is -2.36. The van der Waals surface area contributed by atoms with Crippen molar-refractivity contribution in [1.29, 1.82) is 0 Å². The van der Waals surface area contributed by atoms with Crippen LogP contribution in [0.25, 0.3) is 0 Å². The molecule has 2 heterocycles. The van der Waals surface area contributed by atoms with Crippen LogP contribution in [0.15, 0.2) is 54.6 Å². The molecule has 2 saturated heterocycles. The van der Waals surface area contributed by atoms with Crippen LogP contribution in [0.1, 0.15) is 35.7 Å². The van der Waals surface area contributed by atoms with Gasteiger partial charge in [0.25, 0.3) is 0 Å². The Bertz CT molecular complexity index is 1010. The van der Waals surface area contributed by atoms with Crippen LogP contribution in [0.2, 0.25) is 0 Å². The number of benzene rings is 2. The third-order valence-electron chi connectivity index (χ3n) is 7.14. The van der Waals surface area contributed by atoms with Crippen LogP contribution in [-0.2, 0) is 16.0 Å². The number of anilines is 1. The fraction of sp³-hybridized carbons (Fsp3) is 0.464. The van der Waals surface area contributed by atoms with E-state index in [2.05, 4.69) is 22.0 Å². The number of rotatable bonds is 8. The number of para-hydroxylation sites is 1. The molecule has 0 unspecified atom stereocenters. The van der Waals surface area contributed by atoms with Crippen LogP contribution in [-0.4, -0.2) is 84.7 Å². The zero-order valence-corrected chi connectivity index (χ0v) is 20.6. The largest absolute Gasteiger partial charge is 0.339 e. The third kappa shape index (κ3) is 6.77. The number of likely N-dealkylation sites (tertiary alicyclic amines) is 1. The monoisotopic (exact) mass is 476 g/mol. The van der Waals surface area contributed by atoms with Crippen LogP contribution < -0.4 is 5.32 Å². The van der Waals surface area contributed by atoms with Crippen molar-refractivity contribution in [2.75, 3.05) is 57.7 Å². The Kier molecular flexibility index (Phi) is 8.66. The Morgan fingerprint density at radius 3 is 2.11 bits per heavy atom. The molecule has 0 bridgehead atoms. The average molecular weight is 477 g/mol. The first kappa shape index (κ1) is 25.1. The highest BCUT2D eigenvalue weighted by Crippen LogP contribution is 2.22. The van der Waals surface area contributed by atoms with E-state index in [9.17, 15) is 14.4 Å². The van der Waals surface area contributed by atoms with E-state index in [1.54, 1.807) is 0 Å². The van der Waals surface area contributed by atoms with Gasteiger partial charge in [0, 0.05) is 43.3 Å². The van der Waals surface area contributed by atoms with Crippen LogP contribution in [0.5, 0.6) is 0 Å². The third-order valence-corrected chi connectivity index (χ3v) is 7.14. The SMILES string of the molecule is CCc1ccccc1NC(=O)CN1CCN(C(=O)CN2CCC(C(=O)c3ccccc3)CC2)CC1. The van der Waals surface area contributed by atoms with Crippen molar-refractivity contribution in [3.05, 3.63) is 65.7 Å². The summed E-state index contributed by atoms with van der Waals surface area (Å²) < 4.78 is 0. The van der Waals surface area contributed by atoms with Crippen molar-refractivity contribution in [3.8, 4) is 0 Å². The van der Waals surface area contributed by atoms with Crippen LogP contribution in [0.3, 0.4) is 0 Å². The number of carbonyl (C=O) groups excluding carboxylic acids is 3. The first-order valence-corrected chi connectivity index (χ1v) is 12.7. The molecular formula is C28H36N4O3. The minimum atomic E-state index is -0.0152. The Morgan fingerprint density at radius 1 is 0.800 bits per heavy atom. The molecular weight excluding hydrogens is 440 g/mol. The molecule has 0 aromatic heterocycles. The topological polar surface area (TPSA) is 73.0 Å². The predicted octanol–water partition coefficient (Wildman–Crippen LogP) is 2.93. The van der Waals surface area contributed by atoms with Gasteiger partial charge in [-0.3, -0.25) is 24.2 Å². The standard InChI is InChI=1S/C28H36N4O3/c1-2-22-8-6-7-11-25(22)29-26(33)20-31-16-18-32(19-17-31)27(34)21-30-14-12-24(13-15-30)28(35)23-9-4-3-5-10-23/h3-11,24H,2,12-21H2,1H3,(H,29,33). The fourth-order valence-electron chi connectivity index (χ4n) is 4.98. The second kappa shape index (κ2) is 12.1. The van der Waals surface area contributed by atoms with Crippen LogP contribution in [0, 0.1) is 5.92 Å². The molecule has 0 saturated carbocycles. The zero-order chi connectivity index (χ0) is 24.6. The van der Waals surface area contributed by atoms with Crippen molar-refractivity contribution < 1.29 is 14.4 Å². The van der Waals surface area contributed by atoms with Gasteiger partial charge in [0.2, 0.25) is 11.8 Å². The molecule has 2 amide bonds. The highest BCUT2D eigenvalue weighted by atomic mass is 16.2. The number of piperazine rings is 1. The summed E-state index contributed by atoms with van der Waals surface area (Å²) >= 11 is 0. The lowest BCUT2D eigenvalue weighted by atomic mass is 9.89. The van der Waals surface area contributed by atoms with Gasteiger partial charge < -0.3 is 10.2 Å². The number of ketones is 1.